The summed E-state index contributed by atoms with van der Waals surface area (Å²) in [5.74, 6) is 5.29. The first-order chi connectivity index (χ1) is 8.61. The molecule has 2 aromatic rings. The Kier molecular flexibility index (Phi) is 4.91. The molecule has 0 amide bonds. The number of hydrogen-bond donors (Lipinski definition) is 2. The minimum Gasteiger partial charge on any atom is -0.271 e. The van der Waals surface area contributed by atoms with Gasteiger partial charge in [0, 0.05) is 25.8 Å². The van der Waals surface area contributed by atoms with Crippen molar-refractivity contribution < 1.29 is 4.39 Å². The third kappa shape index (κ3) is 3.19. The summed E-state index contributed by atoms with van der Waals surface area (Å²) in [6.07, 6.45) is 0.641. The third-order valence-corrected chi connectivity index (χ3v) is 5.06. The van der Waals surface area contributed by atoms with Crippen molar-refractivity contribution >= 4 is 43.2 Å². The topological polar surface area (TPSA) is 38.0 Å². The van der Waals surface area contributed by atoms with E-state index < -0.39 is 0 Å². The summed E-state index contributed by atoms with van der Waals surface area (Å²) >= 11 is 8.43. The highest BCUT2D eigenvalue weighted by Gasteiger charge is 2.17. The van der Waals surface area contributed by atoms with Gasteiger partial charge in [-0.2, -0.15) is 0 Å². The lowest BCUT2D eigenvalue weighted by atomic mass is 10.0. The summed E-state index contributed by atoms with van der Waals surface area (Å²) in [5.41, 5.74) is 3.24. The summed E-state index contributed by atoms with van der Waals surface area (Å²) in [4.78, 5) is 1.14. The van der Waals surface area contributed by atoms with Gasteiger partial charge in [-0.25, -0.2) is 4.39 Å². The summed E-state index contributed by atoms with van der Waals surface area (Å²) in [6.45, 7) is 0. The summed E-state index contributed by atoms with van der Waals surface area (Å²) in [6, 6.07) is 6.59. The van der Waals surface area contributed by atoms with Crippen molar-refractivity contribution in [1.29, 1.82) is 0 Å². The van der Waals surface area contributed by atoms with Crippen molar-refractivity contribution in [2.45, 2.75) is 12.5 Å². The molecule has 96 valence electrons. The minimum atomic E-state index is -0.256. The first-order valence-electron chi connectivity index (χ1n) is 5.24. The first kappa shape index (κ1) is 14.1. The fourth-order valence-corrected chi connectivity index (χ4v) is 3.64. The minimum absolute atomic E-state index is 0.252. The molecule has 6 heteroatoms. The van der Waals surface area contributed by atoms with E-state index in [-0.39, 0.29) is 11.9 Å². The largest absolute Gasteiger partial charge is 0.271 e. The van der Waals surface area contributed by atoms with Gasteiger partial charge in [0.15, 0.2) is 0 Å². The fourth-order valence-electron chi connectivity index (χ4n) is 1.70. The molecule has 18 heavy (non-hydrogen) atoms. The molecular formula is C12H11Br2FN2S. The Morgan fingerprint density at radius 1 is 1.33 bits per heavy atom. The molecule has 0 aliphatic heterocycles. The van der Waals surface area contributed by atoms with E-state index in [1.807, 2.05) is 11.4 Å². The van der Waals surface area contributed by atoms with Crippen LogP contribution in [0.3, 0.4) is 0 Å². The molecule has 0 radical (unpaired) electrons. The standard InChI is InChI=1S/C12H11Br2FN2S/c13-7-1-2-10(15)8(5-7)11(17-16)6-12-9(14)3-4-18-12/h1-5,11,17H,6,16H2. The maximum Gasteiger partial charge on any atom is 0.128 e. The van der Waals surface area contributed by atoms with Crippen LogP contribution in [0.2, 0.25) is 0 Å². The normalized spacial score (nSPS) is 12.7. The lowest BCUT2D eigenvalue weighted by Gasteiger charge is -2.17. The van der Waals surface area contributed by atoms with E-state index in [0.29, 0.717) is 12.0 Å². The molecule has 0 spiro atoms. The first-order valence-corrected chi connectivity index (χ1v) is 7.71. The number of rotatable bonds is 4. The number of hydrogen-bond acceptors (Lipinski definition) is 3. The lowest BCUT2D eigenvalue weighted by molar-refractivity contribution is 0.512. The highest BCUT2D eigenvalue weighted by Crippen LogP contribution is 2.30. The Morgan fingerprint density at radius 2 is 2.11 bits per heavy atom. The second-order valence-corrected chi connectivity index (χ2v) is 6.55. The van der Waals surface area contributed by atoms with E-state index in [4.69, 9.17) is 5.84 Å². The maximum absolute atomic E-state index is 13.8. The predicted molar refractivity (Wildman–Crippen MR) is 79.9 cm³/mol. The summed E-state index contributed by atoms with van der Waals surface area (Å²) < 4.78 is 15.7. The molecule has 0 aliphatic rings. The van der Waals surface area contributed by atoms with Crippen LogP contribution < -0.4 is 11.3 Å². The van der Waals surface area contributed by atoms with Crippen LogP contribution in [0, 0.1) is 5.82 Å². The SMILES string of the molecule is NNC(Cc1sccc1Br)c1cc(Br)ccc1F. The smallest absolute Gasteiger partial charge is 0.128 e. The number of thiophene rings is 1. The monoisotopic (exact) mass is 392 g/mol. The number of nitrogens with two attached hydrogens (primary N) is 1. The average Bonchev–Trinajstić information content (AvgIpc) is 2.75. The van der Waals surface area contributed by atoms with Gasteiger partial charge in [-0.05, 0) is 45.6 Å². The van der Waals surface area contributed by atoms with Crippen molar-refractivity contribution in [2.24, 2.45) is 5.84 Å². The van der Waals surface area contributed by atoms with Gasteiger partial charge in [0.25, 0.3) is 0 Å². The van der Waals surface area contributed by atoms with Crippen LogP contribution in [-0.2, 0) is 6.42 Å². The Bertz CT molecular complexity index is 545. The third-order valence-electron chi connectivity index (χ3n) is 2.62. The zero-order chi connectivity index (χ0) is 13.1. The van der Waals surface area contributed by atoms with Crippen LogP contribution in [-0.4, -0.2) is 0 Å². The Labute approximate surface area is 126 Å². The predicted octanol–water partition coefficient (Wildman–Crippen LogP) is 4.16. The van der Waals surface area contributed by atoms with Crippen molar-refractivity contribution in [1.82, 2.24) is 5.43 Å². The van der Waals surface area contributed by atoms with Crippen molar-refractivity contribution in [3.8, 4) is 0 Å². The molecule has 1 heterocycles. The molecule has 0 aliphatic carbocycles. The van der Waals surface area contributed by atoms with Gasteiger partial charge >= 0.3 is 0 Å². The molecule has 3 N–H and O–H groups in total. The summed E-state index contributed by atoms with van der Waals surface area (Å²) in [7, 11) is 0. The van der Waals surface area contributed by atoms with Crippen LogP contribution >= 0.6 is 43.2 Å². The molecule has 1 aromatic carbocycles. The molecule has 1 atom stereocenters. The van der Waals surface area contributed by atoms with Crippen LogP contribution in [0.25, 0.3) is 0 Å². The second-order valence-electron chi connectivity index (χ2n) is 3.78. The number of hydrazine groups is 1. The molecule has 0 saturated heterocycles. The highest BCUT2D eigenvalue weighted by atomic mass is 79.9. The Balaban J connectivity index is 2.28. The van der Waals surface area contributed by atoms with E-state index in [9.17, 15) is 4.39 Å². The van der Waals surface area contributed by atoms with E-state index in [1.165, 1.54) is 6.07 Å². The molecular weight excluding hydrogens is 383 g/mol. The average molecular weight is 394 g/mol. The van der Waals surface area contributed by atoms with E-state index in [1.54, 1.807) is 23.5 Å². The Morgan fingerprint density at radius 3 is 2.72 bits per heavy atom. The van der Waals surface area contributed by atoms with E-state index >= 15 is 0 Å². The molecule has 1 aromatic heterocycles. The molecule has 0 saturated carbocycles. The molecule has 0 fully saturated rings. The van der Waals surface area contributed by atoms with Crippen LogP contribution in [0.15, 0.2) is 38.6 Å². The molecule has 2 rings (SSSR count). The van der Waals surface area contributed by atoms with Crippen LogP contribution in [0.5, 0.6) is 0 Å². The number of benzene rings is 1. The zero-order valence-corrected chi connectivity index (χ0v) is 13.3. The van der Waals surface area contributed by atoms with Gasteiger partial charge in [0.1, 0.15) is 5.82 Å². The van der Waals surface area contributed by atoms with Gasteiger partial charge in [-0.1, -0.05) is 15.9 Å². The van der Waals surface area contributed by atoms with Gasteiger partial charge in [-0.15, -0.1) is 11.3 Å². The van der Waals surface area contributed by atoms with Crippen LogP contribution in [0.1, 0.15) is 16.5 Å². The lowest BCUT2D eigenvalue weighted by Crippen LogP contribution is -2.30. The second kappa shape index (κ2) is 6.25. The number of nitrogens with one attached hydrogen (secondary N) is 1. The van der Waals surface area contributed by atoms with Gasteiger partial charge in [0.05, 0.1) is 6.04 Å². The summed E-state index contributed by atoms with van der Waals surface area (Å²) in [5, 5.41) is 1.99. The van der Waals surface area contributed by atoms with E-state index in [2.05, 4.69) is 37.3 Å². The van der Waals surface area contributed by atoms with Gasteiger partial charge in [-0.3, -0.25) is 11.3 Å². The fraction of sp³-hybridized carbons (Fsp3) is 0.167. The molecule has 0 bridgehead atoms. The highest BCUT2D eigenvalue weighted by molar-refractivity contribution is 9.10. The molecule has 1 unspecified atom stereocenters. The van der Waals surface area contributed by atoms with E-state index in [0.717, 1.165) is 13.8 Å². The quantitative estimate of drug-likeness (QED) is 0.604. The molecule has 2 nitrogen and oxygen atoms in total. The zero-order valence-electron chi connectivity index (χ0n) is 9.29. The van der Waals surface area contributed by atoms with Crippen LogP contribution in [0.4, 0.5) is 4.39 Å². The number of halogens is 3. The van der Waals surface area contributed by atoms with Crippen molar-refractivity contribution in [3.63, 3.8) is 0 Å². The Hall–Kier alpha value is -0.270. The van der Waals surface area contributed by atoms with Gasteiger partial charge in [0.2, 0.25) is 0 Å². The van der Waals surface area contributed by atoms with Crippen molar-refractivity contribution in [2.75, 3.05) is 0 Å². The van der Waals surface area contributed by atoms with Crippen molar-refractivity contribution in [3.05, 3.63) is 54.8 Å². The maximum atomic E-state index is 13.8. The van der Waals surface area contributed by atoms with Gasteiger partial charge < -0.3 is 0 Å².